The first kappa shape index (κ1) is 11.3. The van der Waals surface area contributed by atoms with E-state index in [1.807, 2.05) is 6.07 Å². The zero-order valence-electron chi connectivity index (χ0n) is 8.92. The minimum atomic E-state index is -0.916. The number of H-pyrrole nitrogens is 1. The number of nitrogens with one attached hydrogen (secondary N) is 1. The van der Waals surface area contributed by atoms with Gasteiger partial charge in [0.15, 0.2) is 17.5 Å². The first-order chi connectivity index (χ1) is 8.65. The Balaban J connectivity index is 2.23. The van der Waals surface area contributed by atoms with E-state index >= 15 is 0 Å². The zero-order chi connectivity index (χ0) is 12.7. The Morgan fingerprint density at radius 2 is 1.94 bits per heavy atom. The third-order valence-electron chi connectivity index (χ3n) is 2.51. The van der Waals surface area contributed by atoms with Crippen molar-refractivity contribution in [2.24, 2.45) is 0 Å². The summed E-state index contributed by atoms with van der Waals surface area (Å²) in [6.45, 7) is 0. The van der Waals surface area contributed by atoms with Crippen LogP contribution in [0.3, 0.4) is 0 Å². The molecular formula is C12H6BrF2N3. The number of aromatic amines is 1. The van der Waals surface area contributed by atoms with Gasteiger partial charge in [0.25, 0.3) is 0 Å². The summed E-state index contributed by atoms with van der Waals surface area (Å²) in [5.41, 5.74) is 1.39. The molecule has 0 radical (unpaired) electrons. The Bertz CT molecular complexity index is 700. The van der Waals surface area contributed by atoms with Gasteiger partial charge in [0, 0.05) is 22.8 Å². The van der Waals surface area contributed by atoms with Crippen LogP contribution in [-0.4, -0.2) is 15.0 Å². The summed E-state index contributed by atoms with van der Waals surface area (Å²) in [5.74, 6) is -1.36. The number of halogens is 3. The van der Waals surface area contributed by atoms with E-state index in [9.17, 15) is 8.78 Å². The van der Waals surface area contributed by atoms with Gasteiger partial charge in [-0.2, -0.15) is 0 Å². The second-order valence-corrected chi connectivity index (χ2v) is 4.56. The average Bonchev–Trinajstić information content (AvgIpc) is 2.73. The second kappa shape index (κ2) is 4.13. The molecule has 3 nitrogen and oxygen atoms in total. The fraction of sp³-hybridized carbons (Fsp3) is 0. The molecule has 2 aromatic heterocycles. The van der Waals surface area contributed by atoms with Crippen LogP contribution < -0.4 is 0 Å². The lowest BCUT2D eigenvalue weighted by molar-refractivity contribution is 0.510. The Labute approximate surface area is 109 Å². The average molecular weight is 310 g/mol. The van der Waals surface area contributed by atoms with Crippen molar-refractivity contribution in [1.82, 2.24) is 15.0 Å². The molecule has 0 aliphatic carbocycles. The number of hydrogen-bond acceptors (Lipinski definition) is 2. The standard InChI is InChI=1S/C12H6BrF2N3/c13-6-2-1-3-16-11(6)12-17-9-4-7(14)8(15)5-10(9)18-12/h1-5H,(H,17,18). The van der Waals surface area contributed by atoms with Crippen LogP contribution >= 0.6 is 15.9 Å². The molecule has 1 aromatic carbocycles. The number of aromatic nitrogens is 3. The van der Waals surface area contributed by atoms with Crippen molar-refractivity contribution in [3.8, 4) is 11.5 Å². The molecule has 90 valence electrons. The maximum Gasteiger partial charge on any atom is 0.161 e. The van der Waals surface area contributed by atoms with Crippen molar-refractivity contribution in [3.05, 3.63) is 46.6 Å². The quantitative estimate of drug-likeness (QED) is 0.745. The SMILES string of the molecule is Fc1cc2nc(-c3ncccc3Br)[nH]c2cc1F. The van der Waals surface area contributed by atoms with Crippen LogP contribution in [0.4, 0.5) is 8.78 Å². The normalized spacial score (nSPS) is 11.1. The highest BCUT2D eigenvalue weighted by molar-refractivity contribution is 9.10. The Hall–Kier alpha value is -1.82. The van der Waals surface area contributed by atoms with Crippen LogP contribution in [0, 0.1) is 11.6 Å². The Kier molecular flexibility index (Phi) is 2.59. The Morgan fingerprint density at radius 1 is 1.17 bits per heavy atom. The molecule has 1 N–H and O–H groups in total. The molecular weight excluding hydrogens is 304 g/mol. The minimum Gasteiger partial charge on any atom is -0.337 e. The van der Waals surface area contributed by atoms with Gasteiger partial charge in [-0.05, 0) is 28.1 Å². The predicted octanol–water partition coefficient (Wildman–Crippen LogP) is 3.67. The second-order valence-electron chi connectivity index (χ2n) is 3.70. The van der Waals surface area contributed by atoms with Gasteiger partial charge in [-0.25, -0.2) is 13.8 Å². The van der Waals surface area contributed by atoms with Crippen molar-refractivity contribution in [3.63, 3.8) is 0 Å². The monoisotopic (exact) mass is 309 g/mol. The molecule has 0 unspecified atom stereocenters. The molecule has 0 aliphatic rings. The van der Waals surface area contributed by atoms with Gasteiger partial charge in [0.05, 0.1) is 11.0 Å². The smallest absolute Gasteiger partial charge is 0.161 e. The molecule has 0 spiro atoms. The molecule has 0 atom stereocenters. The third-order valence-corrected chi connectivity index (χ3v) is 3.15. The molecule has 18 heavy (non-hydrogen) atoms. The van der Waals surface area contributed by atoms with E-state index in [-0.39, 0.29) is 0 Å². The molecule has 0 bridgehead atoms. The molecule has 0 saturated carbocycles. The van der Waals surface area contributed by atoms with E-state index in [1.165, 1.54) is 0 Å². The van der Waals surface area contributed by atoms with E-state index in [2.05, 4.69) is 30.9 Å². The fourth-order valence-corrected chi connectivity index (χ4v) is 2.12. The zero-order valence-corrected chi connectivity index (χ0v) is 10.5. The van der Waals surface area contributed by atoms with Crippen LogP contribution in [0.1, 0.15) is 0 Å². The van der Waals surface area contributed by atoms with Crippen LogP contribution in [0.5, 0.6) is 0 Å². The molecule has 6 heteroatoms. The molecule has 0 aliphatic heterocycles. The van der Waals surface area contributed by atoms with Crippen molar-refractivity contribution in [2.75, 3.05) is 0 Å². The van der Waals surface area contributed by atoms with Crippen LogP contribution in [0.15, 0.2) is 34.9 Å². The topological polar surface area (TPSA) is 41.6 Å². The number of imidazole rings is 1. The number of pyridine rings is 1. The van der Waals surface area contributed by atoms with Gasteiger partial charge >= 0.3 is 0 Å². The van der Waals surface area contributed by atoms with Gasteiger partial charge in [-0.3, -0.25) is 4.98 Å². The van der Waals surface area contributed by atoms with Gasteiger partial charge < -0.3 is 4.98 Å². The van der Waals surface area contributed by atoms with Gasteiger partial charge in [0.2, 0.25) is 0 Å². The van der Waals surface area contributed by atoms with Crippen LogP contribution in [-0.2, 0) is 0 Å². The first-order valence-corrected chi connectivity index (χ1v) is 5.90. The summed E-state index contributed by atoms with van der Waals surface area (Å²) in [7, 11) is 0. The maximum absolute atomic E-state index is 13.1. The molecule has 3 aromatic rings. The molecule has 2 heterocycles. The van der Waals surface area contributed by atoms with Crippen molar-refractivity contribution in [1.29, 1.82) is 0 Å². The van der Waals surface area contributed by atoms with Gasteiger partial charge in [-0.15, -0.1) is 0 Å². The lowest BCUT2D eigenvalue weighted by Crippen LogP contribution is -1.85. The molecule has 0 saturated heterocycles. The Morgan fingerprint density at radius 3 is 2.72 bits per heavy atom. The number of benzene rings is 1. The molecule has 0 amide bonds. The highest BCUT2D eigenvalue weighted by Gasteiger charge is 2.12. The summed E-state index contributed by atoms with van der Waals surface area (Å²) in [4.78, 5) is 11.3. The number of rotatable bonds is 1. The number of hydrogen-bond donors (Lipinski definition) is 1. The van der Waals surface area contributed by atoms with Crippen molar-refractivity contribution in [2.45, 2.75) is 0 Å². The highest BCUT2D eigenvalue weighted by atomic mass is 79.9. The molecule has 3 rings (SSSR count). The van der Waals surface area contributed by atoms with E-state index in [4.69, 9.17) is 0 Å². The lowest BCUT2D eigenvalue weighted by Gasteiger charge is -1.97. The fourth-order valence-electron chi connectivity index (χ4n) is 1.68. The third kappa shape index (κ3) is 1.78. The van der Waals surface area contributed by atoms with Gasteiger partial charge in [-0.1, -0.05) is 0 Å². The van der Waals surface area contributed by atoms with E-state index in [1.54, 1.807) is 12.3 Å². The van der Waals surface area contributed by atoms with E-state index in [0.717, 1.165) is 16.6 Å². The first-order valence-electron chi connectivity index (χ1n) is 5.11. The van der Waals surface area contributed by atoms with Crippen molar-refractivity contribution < 1.29 is 8.78 Å². The van der Waals surface area contributed by atoms with Gasteiger partial charge in [0.1, 0.15) is 5.69 Å². The number of fused-ring (bicyclic) bond motifs is 1. The predicted molar refractivity (Wildman–Crippen MR) is 66.9 cm³/mol. The summed E-state index contributed by atoms with van der Waals surface area (Å²) < 4.78 is 26.9. The number of nitrogens with zero attached hydrogens (tertiary/aromatic N) is 2. The maximum atomic E-state index is 13.1. The van der Waals surface area contributed by atoms with Crippen LogP contribution in [0.25, 0.3) is 22.6 Å². The summed E-state index contributed by atoms with van der Waals surface area (Å²) in [6.07, 6.45) is 1.62. The molecule has 0 fully saturated rings. The van der Waals surface area contributed by atoms with E-state index < -0.39 is 11.6 Å². The minimum absolute atomic E-state index is 0.362. The summed E-state index contributed by atoms with van der Waals surface area (Å²) in [5, 5.41) is 0. The van der Waals surface area contributed by atoms with Crippen molar-refractivity contribution >= 4 is 27.0 Å². The largest absolute Gasteiger partial charge is 0.337 e. The highest BCUT2D eigenvalue weighted by Crippen LogP contribution is 2.26. The lowest BCUT2D eigenvalue weighted by atomic mass is 10.3. The van der Waals surface area contributed by atoms with E-state index in [0.29, 0.717) is 22.6 Å². The summed E-state index contributed by atoms with van der Waals surface area (Å²) in [6, 6.07) is 5.73. The summed E-state index contributed by atoms with van der Waals surface area (Å²) >= 11 is 3.35. The van der Waals surface area contributed by atoms with Crippen LogP contribution in [0.2, 0.25) is 0 Å².